The second-order valence-corrected chi connectivity index (χ2v) is 8.63. The zero-order chi connectivity index (χ0) is 20.1. The molecular formula is C28H30N+. The van der Waals surface area contributed by atoms with E-state index in [1.807, 2.05) is 0 Å². The summed E-state index contributed by atoms with van der Waals surface area (Å²) < 4.78 is 2.34. The van der Waals surface area contributed by atoms with Crippen LogP contribution in [0.25, 0.3) is 10.8 Å². The average molecular weight is 381 g/mol. The lowest BCUT2D eigenvalue weighted by Gasteiger charge is -2.25. The predicted octanol–water partition coefficient (Wildman–Crippen LogP) is 6.48. The van der Waals surface area contributed by atoms with Gasteiger partial charge >= 0.3 is 0 Å². The van der Waals surface area contributed by atoms with Gasteiger partial charge in [0, 0.05) is 16.5 Å². The van der Waals surface area contributed by atoms with Crippen LogP contribution in [-0.4, -0.2) is 0 Å². The molecule has 0 aliphatic carbocycles. The summed E-state index contributed by atoms with van der Waals surface area (Å²) in [6.45, 7) is 5.64. The fraction of sp³-hybridized carbons (Fsp3) is 0.250. The van der Waals surface area contributed by atoms with Gasteiger partial charge in [0.15, 0.2) is 18.9 Å². The molecule has 0 saturated carbocycles. The Morgan fingerprint density at radius 2 is 1.38 bits per heavy atom. The minimum absolute atomic E-state index is 0.200. The Morgan fingerprint density at radius 3 is 2.14 bits per heavy atom. The Balaban J connectivity index is 1.54. The van der Waals surface area contributed by atoms with Gasteiger partial charge in [-0.1, -0.05) is 92.7 Å². The molecule has 0 N–H and O–H groups in total. The third kappa shape index (κ3) is 4.74. The maximum atomic E-state index is 2.36. The molecule has 0 aliphatic heterocycles. The van der Waals surface area contributed by atoms with Gasteiger partial charge < -0.3 is 0 Å². The lowest BCUT2D eigenvalue weighted by Crippen LogP contribution is -2.34. The Bertz CT molecular complexity index is 1070. The molecule has 0 fully saturated rings. The Kier molecular flexibility index (Phi) is 5.76. The zero-order valence-corrected chi connectivity index (χ0v) is 17.5. The molecule has 1 heterocycles. The highest BCUT2D eigenvalue weighted by Gasteiger charge is 2.20. The minimum Gasteiger partial charge on any atom is -0.200 e. The Hall–Kier alpha value is -2.93. The van der Waals surface area contributed by atoms with Gasteiger partial charge in [0.05, 0.1) is 0 Å². The molecule has 1 heteroatoms. The van der Waals surface area contributed by atoms with Crippen LogP contribution < -0.4 is 4.57 Å². The summed E-state index contributed by atoms with van der Waals surface area (Å²) in [7, 11) is 0. The topological polar surface area (TPSA) is 3.88 Å². The van der Waals surface area contributed by atoms with Gasteiger partial charge in [-0.05, 0) is 41.7 Å². The summed E-state index contributed by atoms with van der Waals surface area (Å²) >= 11 is 0. The highest BCUT2D eigenvalue weighted by molar-refractivity contribution is 5.83. The summed E-state index contributed by atoms with van der Waals surface area (Å²) in [5.41, 5.74) is 4.41. The highest BCUT2D eigenvalue weighted by Crippen LogP contribution is 2.29. The SMILES string of the molecule is CC(C)(CCCc1c[n+](Cc2ccccc2)cc2ccccc12)c1ccccc1. The first-order valence-electron chi connectivity index (χ1n) is 10.6. The number of pyridine rings is 1. The van der Waals surface area contributed by atoms with Crippen LogP contribution in [0.4, 0.5) is 0 Å². The number of hydrogen-bond acceptors (Lipinski definition) is 0. The van der Waals surface area contributed by atoms with E-state index in [0.717, 1.165) is 13.0 Å². The van der Waals surface area contributed by atoms with Crippen LogP contribution in [0.15, 0.2) is 97.3 Å². The van der Waals surface area contributed by atoms with E-state index in [4.69, 9.17) is 0 Å². The molecule has 1 aromatic heterocycles. The van der Waals surface area contributed by atoms with E-state index in [-0.39, 0.29) is 5.41 Å². The van der Waals surface area contributed by atoms with Crippen LogP contribution >= 0.6 is 0 Å². The largest absolute Gasteiger partial charge is 0.200 e. The first-order valence-corrected chi connectivity index (χ1v) is 10.6. The molecule has 0 spiro atoms. The van der Waals surface area contributed by atoms with Crippen molar-refractivity contribution < 1.29 is 4.57 Å². The fourth-order valence-corrected chi connectivity index (χ4v) is 4.23. The molecule has 146 valence electrons. The molecule has 0 unspecified atom stereocenters. The molecule has 4 rings (SSSR count). The van der Waals surface area contributed by atoms with E-state index < -0.39 is 0 Å². The predicted molar refractivity (Wildman–Crippen MR) is 122 cm³/mol. The van der Waals surface area contributed by atoms with Crippen molar-refractivity contribution >= 4 is 10.8 Å². The quantitative estimate of drug-likeness (QED) is 0.323. The van der Waals surface area contributed by atoms with Crippen molar-refractivity contribution in [3.8, 4) is 0 Å². The summed E-state index contributed by atoms with van der Waals surface area (Å²) in [4.78, 5) is 0. The van der Waals surface area contributed by atoms with Crippen LogP contribution in [0.1, 0.15) is 43.4 Å². The zero-order valence-electron chi connectivity index (χ0n) is 17.5. The van der Waals surface area contributed by atoms with Crippen molar-refractivity contribution in [2.45, 2.75) is 45.1 Å². The molecule has 0 atom stereocenters. The van der Waals surface area contributed by atoms with Crippen LogP contribution in [0.3, 0.4) is 0 Å². The van der Waals surface area contributed by atoms with Crippen LogP contribution in [0.5, 0.6) is 0 Å². The second-order valence-electron chi connectivity index (χ2n) is 8.63. The van der Waals surface area contributed by atoms with E-state index in [1.165, 1.54) is 40.3 Å². The maximum absolute atomic E-state index is 2.36. The first kappa shape index (κ1) is 19.4. The summed E-state index contributed by atoms with van der Waals surface area (Å²) in [6.07, 6.45) is 8.09. The fourth-order valence-electron chi connectivity index (χ4n) is 4.23. The standard InChI is InChI=1S/C28H30N/c1-28(2,26-16-7-4-8-17-26)19-11-15-25-22-29(20-23-12-5-3-6-13-23)21-24-14-9-10-18-27(24)25/h3-10,12-14,16-18,21-22H,11,15,19-20H2,1-2H3/q+1. The van der Waals surface area contributed by atoms with E-state index in [1.54, 1.807) is 0 Å². The monoisotopic (exact) mass is 380 g/mol. The third-order valence-electron chi connectivity index (χ3n) is 5.94. The number of benzene rings is 3. The summed E-state index contributed by atoms with van der Waals surface area (Å²) in [5, 5.41) is 2.71. The number of nitrogens with zero attached hydrogens (tertiary/aromatic N) is 1. The number of aryl methyl sites for hydroxylation is 1. The van der Waals surface area contributed by atoms with Gasteiger partial charge in [-0.25, -0.2) is 0 Å². The normalized spacial score (nSPS) is 11.7. The summed E-state index contributed by atoms with van der Waals surface area (Å²) in [5.74, 6) is 0. The van der Waals surface area contributed by atoms with Gasteiger partial charge in [-0.2, -0.15) is 4.57 Å². The molecule has 3 aromatic carbocycles. The Morgan fingerprint density at radius 1 is 0.724 bits per heavy atom. The number of hydrogen-bond donors (Lipinski definition) is 0. The van der Waals surface area contributed by atoms with E-state index in [9.17, 15) is 0 Å². The molecule has 0 aliphatic rings. The van der Waals surface area contributed by atoms with Crippen molar-refractivity contribution in [2.75, 3.05) is 0 Å². The van der Waals surface area contributed by atoms with Crippen molar-refractivity contribution in [1.29, 1.82) is 0 Å². The van der Waals surface area contributed by atoms with Crippen molar-refractivity contribution in [1.82, 2.24) is 0 Å². The van der Waals surface area contributed by atoms with E-state index in [0.29, 0.717) is 0 Å². The average Bonchev–Trinajstić information content (AvgIpc) is 2.75. The van der Waals surface area contributed by atoms with Crippen molar-refractivity contribution in [3.05, 3.63) is 114 Å². The van der Waals surface area contributed by atoms with Crippen molar-refractivity contribution in [3.63, 3.8) is 0 Å². The lowest BCUT2D eigenvalue weighted by molar-refractivity contribution is -0.687. The molecule has 4 aromatic rings. The molecule has 0 amide bonds. The smallest absolute Gasteiger partial charge is 0.176 e. The van der Waals surface area contributed by atoms with Crippen LogP contribution in [-0.2, 0) is 18.4 Å². The molecule has 0 saturated heterocycles. The molecule has 0 radical (unpaired) electrons. The van der Waals surface area contributed by atoms with Gasteiger partial charge in [-0.3, -0.25) is 0 Å². The van der Waals surface area contributed by atoms with Gasteiger partial charge in [0.1, 0.15) is 0 Å². The third-order valence-corrected chi connectivity index (χ3v) is 5.94. The molecule has 1 nitrogen and oxygen atoms in total. The van der Waals surface area contributed by atoms with E-state index >= 15 is 0 Å². The van der Waals surface area contributed by atoms with Crippen LogP contribution in [0.2, 0.25) is 0 Å². The lowest BCUT2D eigenvalue weighted by atomic mass is 9.80. The molecular weight excluding hydrogens is 350 g/mol. The van der Waals surface area contributed by atoms with Gasteiger partial charge in [0.2, 0.25) is 0 Å². The summed E-state index contributed by atoms with van der Waals surface area (Å²) in [6, 6.07) is 30.4. The second kappa shape index (κ2) is 8.61. The van der Waals surface area contributed by atoms with Gasteiger partial charge in [-0.15, -0.1) is 0 Å². The molecule has 29 heavy (non-hydrogen) atoms. The highest BCUT2D eigenvalue weighted by atomic mass is 14.9. The maximum Gasteiger partial charge on any atom is 0.176 e. The minimum atomic E-state index is 0.200. The molecule has 0 bridgehead atoms. The number of fused-ring (bicyclic) bond motifs is 1. The van der Waals surface area contributed by atoms with E-state index in [2.05, 4.69) is 116 Å². The number of aromatic nitrogens is 1. The van der Waals surface area contributed by atoms with Gasteiger partial charge in [0.25, 0.3) is 0 Å². The Labute approximate surface area is 174 Å². The first-order chi connectivity index (χ1) is 14.1. The number of rotatable bonds is 7. The van der Waals surface area contributed by atoms with Crippen LogP contribution in [0, 0.1) is 0 Å². The van der Waals surface area contributed by atoms with Crippen molar-refractivity contribution in [2.24, 2.45) is 0 Å².